The summed E-state index contributed by atoms with van der Waals surface area (Å²) in [6.45, 7) is 6.55. The van der Waals surface area contributed by atoms with Crippen molar-refractivity contribution in [2.75, 3.05) is 6.54 Å². The molecule has 0 aliphatic carbocycles. The molecule has 2 aromatic carbocycles. The van der Waals surface area contributed by atoms with Crippen LogP contribution in [0.25, 0.3) is 16.8 Å². The van der Waals surface area contributed by atoms with Crippen LogP contribution in [-0.2, 0) is 11.3 Å². The maximum Gasteiger partial charge on any atom is 0.216 e. The quantitative estimate of drug-likeness (QED) is 0.464. The van der Waals surface area contributed by atoms with E-state index in [-0.39, 0.29) is 5.91 Å². The van der Waals surface area contributed by atoms with Gasteiger partial charge in [0.15, 0.2) is 5.82 Å². The Hall–Kier alpha value is -3.84. The van der Waals surface area contributed by atoms with Gasteiger partial charge in [0, 0.05) is 47.6 Å². The Morgan fingerprint density at radius 2 is 1.82 bits per heavy atom. The standard InChI is InChI=1S/C22H16ClN5.C4H9NO/c1-14-26-27-21-13-25-22(15-4-7-18(23)8-5-15)19-11-16(6-9-20(19)28(14)21)17-3-2-10-24-12-17;1-3-5-4(2)6/h2-12H,13H2,1H3;3H2,1-2H3,(H,5,6). The highest BCUT2D eigenvalue weighted by Gasteiger charge is 2.22. The lowest BCUT2D eigenvalue weighted by atomic mass is 9.96. The highest BCUT2D eigenvalue weighted by Crippen LogP contribution is 2.30. The summed E-state index contributed by atoms with van der Waals surface area (Å²) in [6, 6.07) is 18.1. The van der Waals surface area contributed by atoms with Gasteiger partial charge in [-0.1, -0.05) is 35.9 Å². The van der Waals surface area contributed by atoms with E-state index in [2.05, 4.69) is 49.3 Å². The number of nitrogens with zero attached hydrogens (tertiary/aromatic N) is 5. The van der Waals surface area contributed by atoms with Crippen LogP contribution in [0.2, 0.25) is 5.02 Å². The molecule has 1 amide bonds. The van der Waals surface area contributed by atoms with Crippen LogP contribution in [0.4, 0.5) is 0 Å². The normalized spacial score (nSPS) is 11.8. The fraction of sp³-hybridized carbons (Fsp3) is 0.192. The minimum absolute atomic E-state index is 0.0394. The second-order valence-electron chi connectivity index (χ2n) is 7.73. The number of halogens is 1. The molecule has 0 saturated heterocycles. The number of benzene rings is 2. The van der Waals surface area contributed by atoms with Crippen molar-refractivity contribution in [2.24, 2.45) is 4.99 Å². The largest absolute Gasteiger partial charge is 0.357 e. The number of carbonyl (C=O) groups excluding carboxylic acids is 1. The molecule has 4 aromatic rings. The topological polar surface area (TPSA) is 85.1 Å². The van der Waals surface area contributed by atoms with Crippen LogP contribution < -0.4 is 5.32 Å². The van der Waals surface area contributed by atoms with E-state index < -0.39 is 0 Å². The number of pyridine rings is 1. The van der Waals surface area contributed by atoms with Gasteiger partial charge in [0.1, 0.15) is 12.4 Å². The summed E-state index contributed by atoms with van der Waals surface area (Å²) >= 11 is 6.10. The molecule has 1 N–H and O–H groups in total. The number of nitrogens with one attached hydrogen (secondary N) is 1. The second-order valence-corrected chi connectivity index (χ2v) is 8.17. The Morgan fingerprint density at radius 3 is 2.47 bits per heavy atom. The van der Waals surface area contributed by atoms with E-state index in [1.165, 1.54) is 6.92 Å². The van der Waals surface area contributed by atoms with Crippen molar-refractivity contribution in [1.82, 2.24) is 25.1 Å². The molecule has 1 aliphatic heterocycles. The van der Waals surface area contributed by atoms with E-state index in [9.17, 15) is 4.79 Å². The van der Waals surface area contributed by atoms with Crippen LogP contribution in [0.5, 0.6) is 0 Å². The third kappa shape index (κ3) is 5.05. The summed E-state index contributed by atoms with van der Waals surface area (Å²) in [5, 5.41) is 11.8. The lowest BCUT2D eigenvalue weighted by Crippen LogP contribution is -2.18. The first kappa shape index (κ1) is 23.3. The van der Waals surface area contributed by atoms with E-state index in [1.54, 1.807) is 6.20 Å². The third-order valence-electron chi connectivity index (χ3n) is 5.30. The van der Waals surface area contributed by atoms with Gasteiger partial charge in [-0.15, -0.1) is 10.2 Å². The van der Waals surface area contributed by atoms with Gasteiger partial charge in [-0.2, -0.15) is 0 Å². The molecule has 1 aliphatic rings. The Morgan fingerprint density at radius 1 is 1.06 bits per heavy atom. The zero-order valence-corrected chi connectivity index (χ0v) is 20.0. The molecule has 0 saturated carbocycles. The molecule has 0 radical (unpaired) electrons. The Bertz CT molecular complexity index is 1330. The lowest BCUT2D eigenvalue weighted by molar-refractivity contribution is -0.118. The number of carbonyl (C=O) groups is 1. The highest BCUT2D eigenvalue weighted by atomic mass is 35.5. The number of aryl methyl sites for hydroxylation is 1. The van der Waals surface area contributed by atoms with Gasteiger partial charge in [-0.05, 0) is 49.7 Å². The van der Waals surface area contributed by atoms with Crippen molar-refractivity contribution in [2.45, 2.75) is 27.3 Å². The number of aliphatic imine (C=N–C) groups is 1. The molecule has 0 bridgehead atoms. The summed E-state index contributed by atoms with van der Waals surface area (Å²) < 4.78 is 2.08. The molecule has 172 valence electrons. The zero-order valence-electron chi connectivity index (χ0n) is 19.3. The van der Waals surface area contributed by atoms with Gasteiger partial charge >= 0.3 is 0 Å². The number of hydrogen-bond donors (Lipinski definition) is 1. The predicted octanol–water partition coefficient (Wildman–Crippen LogP) is 4.78. The third-order valence-corrected chi connectivity index (χ3v) is 5.55. The monoisotopic (exact) mass is 472 g/mol. The van der Waals surface area contributed by atoms with E-state index in [0.717, 1.165) is 51.8 Å². The van der Waals surface area contributed by atoms with E-state index in [1.807, 2.05) is 50.4 Å². The average molecular weight is 473 g/mol. The first-order valence-electron chi connectivity index (χ1n) is 11.0. The van der Waals surface area contributed by atoms with Gasteiger partial charge < -0.3 is 5.32 Å². The summed E-state index contributed by atoms with van der Waals surface area (Å²) in [4.78, 5) is 19.1. The molecular weight excluding hydrogens is 448 g/mol. The molecule has 0 atom stereocenters. The predicted molar refractivity (Wildman–Crippen MR) is 134 cm³/mol. The molecule has 0 fully saturated rings. The molecule has 5 rings (SSSR count). The number of fused-ring (bicyclic) bond motifs is 3. The SMILES string of the molecule is CCNC(C)=O.Cc1nnc2n1-c1ccc(-c3cccnc3)cc1C(c1ccc(Cl)cc1)=NC2. The van der Waals surface area contributed by atoms with Crippen molar-refractivity contribution >= 4 is 23.2 Å². The number of amides is 1. The van der Waals surface area contributed by atoms with Gasteiger partial charge in [0.2, 0.25) is 5.91 Å². The van der Waals surface area contributed by atoms with Gasteiger partial charge in [-0.25, -0.2) is 0 Å². The average Bonchev–Trinajstić information content (AvgIpc) is 3.12. The van der Waals surface area contributed by atoms with Crippen molar-refractivity contribution in [1.29, 1.82) is 0 Å². The first-order chi connectivity index (χ1) is 16.5. The van der Waals surface area contributed by atoms with Crippen molar-refractivity contribution in [3.63, 3.8) is 0 Å². The van der Waals surface area contributed by atoms with Crippen molar-refractivity contribution < 1.29 is 4.79 Å². The Labute approximate surface area is 203 Å². The molecular formula is C26H25ClN6O. The first-order valence-corrected chi connectivity index (χ1v) is 11.4. The molecule has 34 heavy (non-hydrogen) atoms. The van der Waals surface area contributed by atoms with Crippen LogP contribution in [0.3, 0.4) is 0 Å². The molecule has 7 nitrogen and oxygen atoms in total. The van der Waals surface area contributed by atoms with Crippen molar-refractivity contribution in [3.05, 3.63) is 94.8 Å². The minimum atomic E-state index is 0.0394. The lowest BCUT2D eigenvalue weighted by Gasteiger charge is -2.14. The zero-order chi connectivity index (χ0) is 24.1. The number of aromatic nitrogens is 4. The van der Waals surface area contributed by atoms with Crippen LogP contribution >= 0.6 is 11.6 Å². The number of hydrogen-bond acceptors (Lipinski definition) is 5. The molecule has 0 unspecified atom stereocenters. The summed E-state index contributed by atoms with van der Waals surface area (Å²) in [5.74, 6) is 1.72. The van der Waals surface area contributed by atoms with E-state index >= 15 is 0 Å². The summed E-state index contributed by atoms with van der Waals surface area (Å²) in [5.41, 5.74) is 6.14. The van der Waals surface area contributed by atoms with E-state index in [0.29, 0.717) is 11.6 Å². The fourth-order valence-electron chi connectivity index (χ4n) is 3.79. The highest BCUT2D eigenvalue weighted by molar-refractivity contribution is 6.30. The van der Waals surface area contributed by atoms with Gasteiger partial charge in [0.05, 0.1) is 11.4 Å². The smallest absolute Gasteiger partial charge is 0.216 e. The van der Waals surface area contributed by atoms with Crippen molar-refractivity contribution in [3.8, 4) is 16.8 Å². The molecule has 3 heterocycles. The fourth-order valence-corrected chi connectivity index (χ4v) is 3.92. The molecule has 0 spiro atoms. The second kappa shape index (κ2) is 10.4. The maximum absolute atomic E-state index is 9.93. The van der Waals surface area contributed by atoms with Gasteiger partial charge in [0.25, 0.3) is 0 Å². The number of rotatable bonds is 3. The summed E-state index contributed by atoms with van der Waals surface area (Å²) in [6.07, 6.45) is 3.65. The van der Waals surface area contributed by atoms with Crippen LogP contribution in [-0.4, -0.2) is 37.9 Å². The Balaban J connectivity index is 0.000000408. The van der Waals surface area contributed by atoms with Crippen LogP contribution in [0.15, 0.2) is 72.0 Å². The summed E-state index contributed by atoms with van der Waals surface area (Å²) in [7, 11) is 0. The maximum atomic E-state index is 9.93. The molecule has 8 heteroatoms. The molecule has 2 aromatic heterocycles. The van der Waals surface area contributed by atoms with Gasteiger partial charge in [-0.3, -0.25) is 19.3 Å². The van der Waals surface area contributed by atoms with Crippen LogP contribution in [0, 0.1) is 6.92 Å². The van der Waals surface area contributed by atoms with E-state index in [4.69, 9.17) is 16.6 Å². The Kier molecular flexibility index (Phi) is 7.13. The van der Waals surface area contributed by atoms with Crippen LogP contribution in [0.1, 0.15) is 36.6 Å². The minimum Gasteiger partial charge on any atom is -0.357 e.